The lowest BCUT2D eigenvalue weighted by atomic mass is 10.1. The Kier molecular flexibility index (Phi) is 3.00. The maximum Gasteiger partial charge on any atom is 0.159 e. The van der Waals surface area contributed by atoms with Crippen molar-refractivity contribution in [3.05, 3.63) is 40.4 Å². The minimum absolute atomic E-state index is 0.223. The maximum absolute atomic E-state index is 8.76. The molecule has 6 heteroatoms. The molecule has 0 aliphatic carbocycles. The van der Waals surface area contributed by atoms with E-state index in [1.807, 2.05) is 6.07 Å². The summed E-state index contributed by atoms with van der Waals surface area (Å²) in [5.41, 5.74) is 1.73. The van der Waals surface area contributed by atoms with Crippen molar-refractivity contribution in [1.82, 2.24) is 15.2 Å². The largest absolute Gasteiger partial charge is 0.263 e. The number of hydrogen-bond donors (Lipinski definition) is 0. The average molecular weight is 251 g/mol. The first-order chi connectivity index (χ1) is 7.70. The molecule has 0 saturated carbocycles. The molecule has 0 saturated heterocycles. The highest BCUT2D eigenvalue weighted by Gasteiger charge is 2.07. The van der Waals surface area contributed by atoms with E-state index in [0.717, 1.165) is 0 Å². The zero-order valence-electron chi connectivity index (χ0n) is 7.85. The number of nitrogens with zero attached hydrogens (tertiary/aromatic N) is 4. The molecule has 0 N–H and O–H groups in total. The van der Waals surface area contributed by atoms with Crippen LogP contribution in [0.3, 0.4) is 0 Å². The summed E-state index contributed by atoms with van der Waals surface area (Å²) in [6.07, 6.45) is 3.05. The monoisotopic (exact) mass is 250 g/mol. The van der Waals surface area contributed by atoms with Crippen molar-refractivity contribution >= 4 is 23.2 Å². The topological polar surface area (TPSA) is 62.5 Å². The van der Waals surface area contributed by atoms with Crippen molar-refractivity contribution in [3.63, 3.8) is 0 Å². The van der Waals surface area contributed by atoms with Crippen LogP contribution in [-0.2, 0) is 0 Å². The summed E-state index contributed by atoms with van der Waals surface area (Å²) in [5.74, 6) is 0. The number of hydrogen-bond acceptors (Lipinski definition) is 4. The Morgan fingerprint density at radius 1 is 1.12 bits per heavy atom. The molecule has 0 aliphatic rings. The molecular formula is C10H4Cl2N4. The van der Waals surface area contributed by atoms with Gasteiger partial charge in [0.2, 0.25) is 0 Å². The molecule has 2 aromatic rings. The molecule has 16 heavy (non-hydrogen) atoms. The van der Waals surface area contributed by atoms with E-state index in [-0.39, 0.29) is 10.3 Å². The highest BCUT2D eigenvalue weighted by molar-refractivity contribution is 6.33. The van der Waals surface area contributed by atoms with Gasteiger partial charge in [-0.2, -0.15) is 5.26 Å². The highest BCUT2D eigenvalue weighted by Crippen LogP contribution is 2.27. The molecule has 78 valence electrons. The van der Waals surface area contributed by atoms with Gasteiger partial charge in [0.25, 0.3) is 0 Å². The van der Waals surface area contributed by atoms with Crippen molar-refractivity contribution in [2.75, 3.05) is 0 Å². The molecule has 0 radical (unpaired) electrons. The molecule has 0 amide bonds. The smallest absolute Gasteiger partial charge is 0.159 e. The molecule has 0 spiro atoms. The van der Waals surface area contributed by atoms with Gasteiger partial charge in [0.05, 0.1) is 5.56 Å². The van der Waals surface area contributed by atoms with Crippen LogP contribution in [0.2, 0.25) is 10.3 Å². The van der Waals surface area contributed by atoms with Crippen LogP contribution in [0.1, 0.15) is 5.56 Å². The predicted octanol–water partition coefficient (Wildman–Crippen LogP) is 2.72. The summed E-state index contributed by atoms with van der Waals surface area (Å²) < 4.78 is 0. The Bertz CT molecular complexity index is 577. The summed E-state index contributed by atoms with van der Waals surface area (Å²) >= 11 is 11.6. The van der Waals surface area contributed by atoms with Crippen LogP contribution in [0, 0.1) is 11.3 Å². The first kappa shape index (κ1) is 10.8. The summed E-state index contributed by atoms with van der Waals surface area (Å²) in [4.78, 5) is 3.93. The van der Waals surface area contributed by atoms with Crippen molar-refractivity contribution < 1.29 is 0 Å². The van der Waals surface area contributed by atoms with E-state index < -0.39 is 0 Å². The van der Waals surface area contributed by atoms with E-state index in [1.54, 1.807) is 18.3 Å². The predicted molar refractivity (Wildman–Crippen MR) is 60.0 cm³/mol. The molecule has 0 aromatic carbocycles. The Morgan fingerprint density at radius 3 is 2.69 bits per heavy atom. The SMILES string of the molecule is N#Cc1cncc(-c2cc(Cl)nnc2Cl)c1. The fourth-order valence-corrected chi connectivity index (χ4v) is 1.55. The first-order valence-electron chi connectivity index (χ1n) is 4.25. The van der Waals surface area contributed by atoms with Gasteiger partial charge in [0.15, 0.2) is 10.3 Å². The van der Waals surface area contributed by atoms with Crippen LogP contribution >= 0.6 is 23.2 Å². The molecule has 0 aliphatic heterocycles. The Morgan fingerprint density at radius 2 is 1.94 bits per heavy atom. The minimum Gasteiger partial charge on any atom is -0.263 e. The first-order valence-corrected chi connectivity index (χ1v) is 5.00. The molecule has 0 unspecified atom stereocenters. The molecule has 2 aromatic heterocycles. The molecule has 4 nitrogen and oxygen atoms in total. The third-order valence-electron chi connectivity index (χ3n) is 1.90. The summed E-state index contributed by atoms with van der Waals surface area (Å²) in [7, 11) is 0. The van der Waals surface area contributed by atoms with Gasteiger partial charge in [-0.15, -0.1) is 10.2 Å². The molecule has 0 bridgehead atoms. The van der Waals surface area contributed by atoms with E-state index in [0.29, 0.717) is 16.7 Å². The molecule has 2 rings (SSSR count). The van der Waals surface area contributed by atoms with Crippen LogP contribution < -0.4 is 0 Å². The van der Waals surface area contributed by atoms with E-state index >= 15 is 0 Å². The minimum atomic E-state index is 0.223. The lowest BCUT2D eigenvalue weighted by Crippen LogP contribution is -1.89. The van der Waals surface area contributed by atoms with Gasteiger partial charge in [0, 0.05) is 23.5 Å². The van der Waals surface area contributed by atoms with E-state index in [1.165, 1.54) is 6.20 Å². The fraction of sp³-hybridized carbons (Fsp3) is 0. The summed E-state index contributed by atoms with van der Waals surface area (Å²) in [6, 6.07) is 5.23. The number of aromatic nitrogens is 3. The van der Waals surface area contributed by atoms with Gasteiger partial charge < -0.3 is 0 Å². The second kappa shape index (κ2) is 4.44. The lowest BCUT2D eigenvalue weighted by molar-refractivity contribution is 1.03. The second-order valence-corrected chi connectivity index (χ2v) is 3.69. The fourth-order valence-electron chi connectivity index (χ4n) is 1.20. The van der Waals surface area contributed by atoms with Crippen LogP contribution in [0.5, 0.6) is 0 Å². The lowest BCUT2D eigenvalue weighted by Gasteiger charge is -2.02. The Hall–Kier alpha value is -1.70. The normalized spacial score (nSPS) is 9.81. The van der Waals surface area contributed by atoms with Crippen LogP contribution in [0.15, 0.2) is 24.5 Å². The third kappa shape index (κ3) is 2.11. The zero-order valence-corrected chi connectivity index (χ0v) is 9.37. The van der Waals surface area contributed by atoms with Gasteiger partial charge in [-0.25, -0.2) is 0 Å². The average Bonchev–Trinajstić information content (AvgIpc) is 2.32. The molecule has 0 atom stereocenters. The van der Waals surface area contributed by atoms with Crippen molar-refractivity contribution in [2.24, 2.45) is 0 Å². The van der Waals surface area contributed by atoms with Gasteiger partial charge in [-0.1, -0.05) is 23.2 Å². The number of rotatable bonds is 1. The van der Waals surface area contributed by atoms with E-state index in [9.17, 15) is 0 Å². The van der Waals surface area contributed by atoms with Crippen molar-refractivity contribution in [2.45, 2.75) is 0 Å². The third-order valence-corrected chi connectivity index (χ3v) is 2.36. The molecular weight excluding hydrogens is 247 g/mol. The second-order valence-electron chi connectivity index (χ2n) is 2.95. The summed E-state index contributed by atoms with van der Waals surface area (Å²) in [6.45, 7) is 0. The number of halogens is 2. The van der Waals surface area contributed by atoms with Gasteiger partial charge >= 0.3 is 0 Å². The standard InChI is InChI=1S/C10H4Cl2N4/c11-9-2-8(10(12)16-15-9)7-1-6(3-13)4-14-5-7/h1-2,4-5H. The molecule has 2 heterocycles. The van der Waals surface area contributed by atoms with Crippen LogP contribution in [-0.4, -0.2) is 15.2 Å². The summed E-state index contributed by atoms with van der Waals surface area (Å²) in [5, 5.41) is 16.5. The number of nitriles is 1. The van der Waals surface area contributed by atoms with Crippen LogP contribution in [0.25, 0.3) is 11.1 Å². The maximum atomic E-state index is 8.76. The van der Waals surface area contributed by atoms with Gasteiger partial charge in [0.1, 0.15) is 6.07 Å². The van der Waals surface area contributed by atoms with Gasteiger partial charge in [-0.3, -0.25) is 4.98 Å². The van der Waals surface area contributed by atoms with Crippen molar-refractivity contribution in [1.29, 1.82) is 5.26 Å². The quantitative estimate of drug-likeness (QED) is 0.781. The Labute approximate surface area is 101 Å². The zero-order chi connectivity index (χ0) is 11.5. The number of pyridine rings is 1. The van der Waals surface area contributed by atoms with E-state index in [2.05, 4.69) is 15.2 Å². The van der Waals surface area contributed by atoms with E-state index in [4.69, 9.17) is 28.5 Å². The van der Waals surface area contributed by atoms with Crippen molar-refractivity contribution in [3.8, 4) is 17.2 Å². The van der Waals surface area contributed by atoms with Gasteiger partial charge in [-0.05, 0) is 12.1 Å². The Balaban J connectivity index is 2.58. The van der Waals surface area contributed by atoms with Crippen LogP contribution in [0.4, 0.5) is 0 Å². The highest BCUT2D eigenvalue weighted by atomic mass is 35.5. The molecule has 0 fully saturated rings.